The van der Waals surface area contributed by atoms with Crippen molar-refractivity contribution in [3.63, 3.8) is 0 Å². The van der Waals surface area contributed by atoms with E-state index in [0.717, 1.165) is 13.2 Å². The van der Waals surface area contributed by atoms with E-state index in [1.807, 2.05) is 0 Å². The molecule has 2 aliphatic rings. The minimum Gasteiger partial charge on any atom is -0.375 e. The molecule has 0 amide bonds. The molecule has 0 N–H and O–H groups in total. The van der Waals surface area contributed by atoms with Crippen molar-refractivity contribution in [1.82, 2.24) is 0 Å². The van der Waals surface area contributed by atoms with Gasteiger partial charge in [-0.25, -0.2) is 0 Å². The van der Waals surface area contributed by atoms with Crippen molar-refractivity contribution < 1.29 is 9.47 Å². The second-order valence-corrected chi connectivity index (χ2v) is 2.32. The van der Waals surface area contributed by atoms with E-state index in [4.69, 9.17) is 9.47 Å². The molecule has 2 heteroatoms. The Morgan fingerprint density at radius 1 is 1.57 bits per heavy atom. The third kappa shape index (κ3) is 0.318. The number of hydrogen-bond acceptors (Lipinski definition) is 2. The molecule has 2 heterocycles. The molecule has 7 heavy (non-hydrogen) atoms. The molecule has 2 fully saturated rings. The Morgan fingerprint density at radius 2 is 2.14 bits per heavy atom. The minimum atomic E-state index is 0.208. The van der Waals surface area contributed by atoms with E-state index < -0.39 is 0 Å². The highest BCUT2D eigenvalue weighted by atomic mass is 16.7. The highest BCUT2D eigenvalue weighted by molar-refractivity contribution is 5.05. The van der Waals surface area contributed by atoms with Gasteiger partial charge in [0.2, 0.25) is 0 Å². The largest absolute Gasteiger partial charge is 0.375 e. The van der Waals surface area contributed by atoms with E-state index in [9.17, 15) is 0 Å². The Balaban J connectivity index is 2.05. The first-order chi connectivity index (χ1) is 3.33. The standard InChI is InChI=1S/C5H8O2/c1-4-5(7-4)2-6-3-5/h4H,2-3H2,1H3. The lowest BCUT2D eigenvalue weighted by molar-refractivity contribution is -0.0540. The van der Waals surface area contributed by atoms with Crippen LogP contribution < -0.4 is 0 Å². The quantitative estimate of drug-likeness (QED) is 0.405. The third-order valence-electron chi connectivity index (χ3n) is 1.79. The van der Waals surface area contributed by atoms with Crippen LogP contribution in [0.3, 0.4) is 0 Å². The van der Waals surface area contributed by atoms with Crippen LogP contribution >= 0.6 is 0 Å². The number of rotatable bonds is 0. The monoisotopic (exact) mass is 100 g/mol. The second-order valence-electron chi connectivity index (χ2n) is 2.32. The van der Waals surface area contributed by atoms with Crippen molar-refractivity contribution in [1.29, 1.82) is 0 Å². The van der Waals surface area contributed by atoms with Gasteiger partial charge >= 0.3 is 0 Å². The molecule has 0 saturated carbocycles. The zero-order chi connectivity index (χ0) is 4.91. The first kappa shape index (κ1) is 3.87. The van der Waals surface area contributed by atoms with Gasteiger partial charge in [-0.15, -0.1) is 0 Å². The van der Waals surface area contributed by atoms with Crippen LogP contribution in [-0.2, 0) is 9.47 Å². The summed E-state index contributed by atoms with van der Waals surface area (Å²) in [6.07, 6.45) is 0.473. The van der Waals surface area contributed by atoms with Crippen molar-refractivity contribution in [3.05, 3.63) is 0 Å². The maximum Gasteiger partial charge on any atom is 0.141 e. The molecule has 0 aromatic carbocycles. The Kier molecular flexibility index (Phi) is 0.474. The lowest BCUT2D eigenvalue weighted by Crippen LogP contribution is -2.39. The number of ether oxygens (including phenoxy) is 2. The van der Waals surface area contributed by atoms with E-state index in [0.29, 0.717) is 6.10 Å². The topological polar surface area (TPSA) is 21.8 Å². The molecule has 40 valence electrons. The predicted molar refractivity (Wildman–Crippen MR) is 24.1 cm³/mol. The molecule has 0 radical (unpaired) electrons. The molecule has 1 spiro atoms. The summed E-state index contributed by atoms with van der Waals surface area (Å²) in [5, 5.41) is 0. The van der Waals surface area contributed by atoms with Gasteiger partial charge in [-0.2, -0.15) is 0 Å². The maximum atomic E-state index is 5.22. The van der Waals surface area contributed by atoms with Crippen molar-refractivity contribution in [2.75, 3.05) is 13.2 Å². The van der Waals surface area contributed by atoms with E-state index >= 15 is 0 Å². The van der Waals surface area contributed by atoms with Gasteiger partial charge in [0.15, 0.2) is 0 Å². The normalized spacial score (nSPS) is 43.3. The summed E-state index contributed by atoms with van der Waals surface area (Å²) in [6.45, 7) is 3.74. The van der Waals surface area contributed by atoms with Crippen LogP contribution in [0.1, 0.15) is 6.92 Å². The summed E-state index contributed by atoms with van der Waals surface area (Å²) in [5.41, 5.74) is 0.208. The first-order valence-corrected chi connectivity index (χ1v) is 2.59. The zero-order valence-corrected chi connectivity index (χ0v) is 4.31. The van der Waals surface area contributed by atoms with Crippen molar-refractivity contribution in [3.8, 4) is 0 Å². The lowest BCUT2D eigenvalue weighted by Gasteiger charge is -2.21. The molecular formula is C5H8O2. The summed E-state index contributed by atoms with van der Waals surface area (Å²) < 4.78 is 10.2. The summed E-state index contributed by atoms with van der Waals surface area (Å²) in [7, 11) is 0. The third-order valence-corrected chi connectivity index (χ3v) is 1.79. The van der Waals surface area contributed by atoms with Crippen LogP contribution in [0.4, 0.5) is 0 Å². The molecule has 0 aliphatic carbocycles. The van der Waals surface area contributed by atoms with Gasteiger partial charge in [0.25, 0.3) is 0 Å². The SMILES string of the molecule is CC1OC12COC2. The molecule has 2 rings (SSSR count). The van der Waals surface area contributed by atoms with Gasteiger partial charge < -0.3 is 9.47 Å². The Labute approximate surface area is 42.4 Å². The van der Waals surface area contributed by atoms with Crippen LogP contribution in [0.5, 0.6) is 0 Å². The number of epoxide rings is 1. The number of hydrogen-bond donors (Lipinski definition) is 0. The Bertz CT molecular complexity index is 90.7. The van der Waals surface area contributed by atoms with Gasteiger partial charge in [0.05, 0.1) is 19.3 Å². The molecule has 2 nitrogen and oxygen atoms in total. The molecule has 1 atom stereocenters. The van der Waals surface area contributed by atoms with Crippen molar-refractivity contribution in [2.24, 2.45) is 0 Å². The van der Waals surface area contributed by atoms with E-state index in [2.05, 4.69) is 6.92 Å². The molecular weight excluding hydrogens is 92.1 g/mol. The van der Waals surface area contributed by atoms with Gasteiger partial charge in [-0.3, -0.25) is 0 Å². The fraction of sp³-hybridized carbons (Fsp3) is 1.00. The van der Waals surface area contributed by atoms with Gasteiger partial charge in [-0.1, -0.05) is 0 Å². The minimum absolute atomic E-state index is 0.208. The van der Waals surface area contributed by atoms with Crippen molar-refractivity contribution in [2.45, 2.75) is 18.6 Å². The highest BCUT2D eigenvalue weighted by Crippen LogP contribution is 2.42. The van der Waals surface area contributed by atoms with E-state index in [1.165, 1.54) is 0 Å². The molecule has 0 bridgehead atoms. The summed E-state index contributed by atoms with van der Waals surface area (Å²) in [4.78, 5) is 0. The Morgan fingerprint density at radius 3 is 2.14 bits per heavy atom. The fourth-order valence-electron chi connectivity index (χ4n) is 0.924. The van der Waals surface area contributed by atoms with Crippen LogP contribution in [0.2, 0.25) is 0 Å². The molecule has 1 unspecified atom stereocenters. The second kappa shape index (κ2) is 0.858. The fourth-order valence-corrected chi connectivity index (χ4v) is 0.924. The summed E-state index contributed by atoms with van der Waals surface area (Å²) in [6, 6.07) is 0. The first-order valence-electron chi connectivity index (χ1n) is 2.59. The van der Waals surface area contributed by atoms with Crippen LogP contribution in [-0.4, -0.2) is 24.9 Å². The van der Waals surface area contributed by atoms with Gasteiger partial charge in [0, 0.05) is 0 Å². The van der Waals surface area contributed by atoms with E-state index in [-0.39, 0.29) is 5.60 Å². The molecule has 0 aromatic rings. The molecule has 2 saturated heterocycles. The lowest BCUT2D eigenvalue weighted by atomic mass is 10.1. The van der Waals surface area contributed by atoms with E-state index in [1.54, 1.807) is 0 Å². The predicted octanol–water partition coefficient (Wildman–Crippen LogP) is 0.174. The maximum absolute atomic E-state index is 5.22. The average Bonchev–Trinajstić information content (AvgIpc) is 2.10. The average molecular weight is 100 g/mol. The Hall–Kier alpha value is -0.0800. The van der Waals surface area contributed by atoms with Crippen LogP contribution in [0.25, 0.3) is 0 Å². The summed E-state index contributed by atoms with van der Waals surface area (Å²) >= 11 is 0. The summed E-state index contributed by atoms with van der Waals surface area (Å²) in [5.74, 6) is 0. The molecule has 0 aromatic heterocycles. The smallest absolute Gasteiger partial charge is 0.141 e. The zero-order valence-electron chi connectivity index (χ0n) is 4.31. The highest BCUT2D eigenvalue weighted by Gasteiger charge is 2.59. The van der Waals surface area contributed by atoms with Gasteiger partial charge in [-0.05, 0) is 6.92 Å². The van der Waals surface area contributed by atoms with Crippen LogP contribution in [0.15, 0.2) is 0 Å². The van der Waals surface area contributed by atoms with Gasteiger partial charge in [0.1, 0.15) is 5.60 Å². The van der Waals surface area contributed by atoms with Crippen molar-refractivity contribution >= 4 is 0 Å². The van der Waals surface area contributed by atoms with Crippen LogP contribution in [0, 0.1) is 0 Å². The molecule has 2 aliphatic heterocycles.